The second kappa shape index (κ2) is 10.9. The van der Waals surface area contributed by atoms with Gasteiger partial charge in [-0.1, -0.05) is 127 Å². The van der Waals surface area contributed by atoms with Gasteiger partial charge in [0.25, 0.3) is 0 Å². The van der Waals surface area contributed by atoms with Crippen molar-refractivity contribution in [1.29, 1.82) is 5.26 Å². The largest absolute Gasteiger partial charge is 0.310 e. The third-order valence-corrected chi connectivity index (χ3v) is 8.79. The first kappa shape index (κ1) is 25.8. The molecule has 190 valence electrons. The molecule has 0 radical (unpaired) electrons. The summed E-state index contributed by atoms with van der Waals surface area (Å²) < 4.78 is -0.305. The van der Waals surface area contributed by atoms with E-state index in [2.05, 4.69) is 47.8 Å². The topological polar surface area (TPSA) is 56.1 Å². The Morgan fingerprint density at radius 3 is 1.47 bits per heavy atom. The molecule has 0 aliphatic carbocycles. The highest BCUT2D eigenvalue weighted by atomic mass is 32.2. The zero-order chi connectivity index (χ0) is 26.6. The van der Waals surface area contributed by atoms with Gasteiger partial charge in [-0.25, -0.2) is 0 Å². The predicted octanol–water partition coefficient (Wildman–Crippen LogP) is 6.21. The van der Waals surface area contributed by atoms with Gasteiger partial charge in [0, 0.05) is 4.75 Å². The van der Waals surface area contributed by atoms with Crippen molar-refractivity contribution in [2.45, 2.75) is 41.6 Å². The van der Waals surface area contributed by atoms with Gasteiger partial charge in [0.2, 0.25) is 5.91 Å². The number of amides is 1. The Bertz CT molecular complexity index is 1260. The fraction of sp³-hybridized carbons (Fsp3) is 0.212. The summed E-state index contributed by atoms with van der Waals surface area (Å²) in [7, 11) is 0. The van der Waals surface area contributed by atoms with Crippen LogP contribution in [-0.4, -0.2) is 33.0 Å². The number of rotatable bonds is 5. The van der Waals surface area contributed by atoms with Crippen molar-refractivity contribution in [3.8, 4) is 6.07 Å². The molecule has 5 heteroatoms. The number of β-lactam (4-membered cyclic amide) rings is 1. The smallest absolute Gasteiger partial charge is 0.244 e. The second-order valence-electron chi connectivity index (χ2n) is 10.0. The van der Waals surface area contributed by atoms with Gasteiger partial charge in [-0.3, -0.25) is 10.1 Å². The second-order valence-corrected chi connectivity index (χ2v) is 11.8. The molecule has 1 N–H and O–H groups in total. The van der Waals surface area contributed by atoms with Crippen LogP contribution in [0.15, 0.2) is 127 Å². The number of benzene rings is 4. The highest BCUT2D eigenvalue weighted by Gasteiger charge is 2.63. The maximum atomic E-state index is 13.4. The van der Waals surface area contributed by atoms with Gasteiger partial charge in [0.05, 0.1) is 11.6 Å². The predicted molar refractivity (Wildman–Crippen MR) is 154 cm³/mol. The van der Waals surface area contributed by atoms with Crippen molar-refractivity contribution in [1.82, 2.24) is 10.2 Å². The Balaban J connectivity index is 0.000000433. The van der Waals surface area contributed by atoms with Crippen LogP contribution in [0.4, 0.5) is 0 Å². The van der Waals surface area contributed by atoms with Crippen LogP contribution in [0, 0.1) is 11.3 Å². The Morgan fingerprint density at radius 1 is 0.737 bits per heavy atom. The van der Waals surface area contributed by atoms with Crippen molar-refractivity contribution in [2.75, 3.05) is 0 Å². The van der Waals surface area contributed by atoms with E-state index >= 15 is 0 Å². The van der Waals surface area contributed by atoms with E-state index in [1.165, 1.54) is 0 Å². The molecule has 2 fully saturated rings. The lowest BCUT2D eigenvalue weighted by molar-refractivity contribution is -0.148. The lowest BCUT2D eigenvalue weighted by Crippen LogP contribution is -2.71. The first-order valence-electron chi connectivity index (χ1n) is 12.8. The summed E-state index contributed by atoms with van der Waals surface area (Å²) in [6.07, 6.45) is 0. The summed E-state index contributed by atoms with van der Waals surface area (Å²) in [5.74, 6) is -0.00760. The van der Waals surface area contributed by atoms with Gasteiger partial charge in [0.15, 0.2) is 0 Å². The van der Waals surface area contributed by atoms with E-state index in [9.17, 15) is 10.1 Å². The van der Waals surface area contributed by atoms with Crippen molar-refractivity contribution < 1.29 is 4.79 Å². The summed E-state index contributed by atoms with van der Waals surface area (Å²) in [4.78, 5) is 15.1. The van der Waals surface area contributed by atoms with E-state index in [4.69, 9.17) is 0 Å². The van der Waals surface area contributed by atoms with Gasteiger partial charge in [0.1, 0.15) is 17.5 Å². The van der Waals surface area contributed by atoms with E-state index < -0.39 is 17.6 Å². The number of nitrogens with one attached hydrogen (secondary N) is 1. The number of fused-ring (bicyclic) bond motifs is 1. The van der Waals surface area contributed by atoms with Gasteiger partial charge >= 0.3 is 0 Å². The van der Waals surface area contributed by atoms with Crippen LogP contribution in [0.5, 0.6) is 0 Å². The minimum Gasteiger partial charge on any atom is -0.310 e. The standard InChI is InChI=1S/C27H25N3OS.C6H6/c1-26(2)22(18-28)30-24(31)23(25(30)32-26)29-27(19-12-6-3-7-13-19,20-14-8-4-9-15-20)21-16-10-5-11-17-21;1-2-4-6-5-3-1/h3-17,22-23,25,29H,1-2H3;1-6H/t22?,23?,25-;/m1./s1. The number of hydrogen-bond donors (Lipinski definition) is 1. The number of hydrogen-bond acceptors (Lipinski definition) is 4. The summed E-state index contributed by atoms with van der Waals surface area (Å²) in [5, 5.41) is 13.4. The Labute approximate surface area is 229 Å². The molecule has 38 heavy (non-hydrogen) atoms. The highest BCUT2D eigenvalue weighted by molar-refractivity contribution is 8.01. The zero-order valence-corrected chi connectivity index (χ0v) is 22.4. The molecule has 4 nitrogen and oxygen atoms in total. The summed E-state index contributed by atoms with van der Waals surface area (Å²) in [6, 6.07) is 44.4. The Morgan fingerprint density at radius 2 is 1.11 bits per heavy atom. The number of thioether (sulfide) groups is 1. The summed E-state index contributed by atoms with van der Waals surface area (Å²) >= 11 is 1.71. The van der Waals surface area contributed by atoms with Gasteiger partial charge < -0.3 is 4.90 Å². The zero-order valence-electron chi connectivity index (χ0n) is 21.6. The summed E-state index contributed by atoms with van der Waals surface area (Å²) in [5.41, 5.74) is 2.51. The molecule has 3 atom stereocenters. The number of nitriles is 1. The molecule has 2 saturated heterocycles. The van der Waals surface area contributed by atoms with Crippen LogP contribution in [0.25, 0.3) is 0 Å². The van der Waals surface area contributed by atoms with Gasteiger partial charge in [-0.15, -0.1) is 11.8 Å². The molecule has 2 aliphatic heterocycles. The molecule has 4 aromatic carbocycles. The summed E-state index contributed by atoms with van der Waals surface area (Å²) in [6.45, 7) is 4.10. The maximum Gasteiger partial charge on any atom is 0.244 e. The molecule has 0 aromatic heterocycles. The minimum atomic E-state index is -0.703. The van der Waals surface area contributed by atoms with Crippen LogP contribution in [-0.2, 0) is 10.3 Å². The quantitative estimate of drug-likeness (QED) is 0.253. The molecule has 0 bridgehead atoms. The monoisotopic (exact) mass is 517 g/mol. The molecule has 2 aliphatic rings. The molecular weight excluding hydrogens is 486 g/mol. The SMILES string of the molecule is CC1(C)S[C@@H]2C(NC(c3ccccc3)(c3ccccc3)c3ccccc3)C(=O)N2C1C#N.c1ccccc1. The number of carbonyl (C=O) groups excluding carboxylic acids is 1. The average Bonchev–Trinajstić information content (AvgIpc) is 3.23. The van der Waals surface area contributed by atoms with Crippen LogP contribution in [0.2, 0.25) is 0 Å². The van der Waals surface area contributed by atoms with E-state index in [1.807, 2.05) is 105 Å². The van der Waals surface area contributed by atoms with Crippen LogP contribution >= 0.6 is 11.8 Å². The first-order chi connectivity index (χ1) is 18.5. The van der Waals surface area contributed by atoms with Crippen molar-refractivity contribution in [3.05, 3.63) is 144 Å². The molecular formula is C33H31N3OS. The van der Waals surface area contributed by atoms with E-state index in [0.29, 0.717) is 0 Å². The fourth-order valence-corrected chi connectivity index (χ4v) is 6.96. The third kappa shape index (κ3) is 4.62. The molecule has 0 saturated carbocycles. The van der Waals surface area contributed by atoms with Crippen LogP contribution in [0.3, 0.4) is 0 Å². The van der Waals surface area contributed by atoms with Crippen molar-refractivity contribution in [3.63, 3.8) is 0 Å². The average molecular weight is 518 g/mol. The number of nitrogens with zero attached hydrogens (tertiary/aromatic N) is 2. The maximum absolute atomic E-state index is 13.4. The lowest BCUT2D eigenvalue weighted by Gasteiger charge is -2.49. The molecule has 1 amide bonds. The molecule has 2 unspecified atom stereocenters. The Kier molecular flexibility index (Phi) is 7.37. The van der Waals surface area contributed by atoms with E-state index in [0.717, 1.165) is 16.7 Å². The van der Waals surface area contributed by atoms with Crippen LogP contribution in [0.1, 0.15) is 30.5 Å². The van der Waals surface area contributed by atoms with Crippen molar-refractivity contribution >= 4 is 17.7 Å². The third-order valence-electron chi connectivity index (χ3n) is 7.22. The highest BCUT2D eigenvalue weighted by Crippen LogP contribution is 2.52. The van der Waals surface area contributed by atoms with Gasteiger partial charge in [-0.2, -0.15) is 5.26 Å². The lowest BCUT2D eigenvalue weighted by atomic mass is 9.76. The molecule has 0 spiro atoms. The van der Waals surface area contributed by atoms with Crippen molar-refractivity contribution in [2.24, 2.45) is 0 Å². The van der Waals surface area contributed by atoms with E-state index in [-0.39, 0.29) is 16.0 Å². The molecule has 2 heterocycles. The molecule has 4 aromatic rings. The normalized spacial score (nSPS) is 21.3. The van der Waals surface area contributed by atoms with Gasteiger partial charge in [-0.05, 0) is 30.5 Å². The van der Waals surface area contributed by atoms with Crippen LogP contribution < -0.4 is 5.32 Å². The first-order valence-corrected chi connectivity index (χ1v) is 13.7. The number of carbonyl (C=O) groups is 1. The van der Waals surface area contributed by atoms with E-state index in [1.54, 1.807) is 16.7 Å². The minimum absolute atomic E-state index is 0.00760. The fourth-order valence-electron chi connectivity index (χ4n) is 5.38. The Hall–Kier alpha value is -3.85. The molecule has 6 rings (SSSR count).